The second-order valence-corrected chi connectivity index (χ2v) is 6.78. The molecule has 6 nitrogen and oxygen atoms in total. The monoisotopic (exact) mass is 421 g/mol. The largest absolute Gasteiger partial charge is 0.346 e. The number of aromatic amines is 1. The first kappa shape index (κ1) is 17.2. The SMILES string of the molecule is O=C(NCc1cn(-c2ccccc2)nc1-c1ccccc1)c1[nH]ncc1Br. The van der Waals surface area contributed by atoms with Crippen LogP contribution >= 0.6 is 15.9 Å². The number of aromatic nitrogens is 4. The maximum atomic E-state index is 12.4. The number of carbonyl (C=O) groups excluding carboxylic acids is 1. The van der Waals surface area contributed by atoms with Gasteiger partial charge in [-0.05, 0) is 28.1 Å². The zero-order valence-electron chi connectivity index (χ0n) is 14.3. The molecule has 0 aliphatic carbocycles. The third-order valence-electron chi connectivity index (χ3n) is 4.12. The van der Waals surface area contributed by atoms with E-state index < -0.39 is 0 Å². The number of hydrogen-bond donors (Lipinski definition) is 2. The highest BCUT2D eigenvalue weighted by Gasteiger charge is 2.16. The van der Waals surface area contributed by atoms with E-state index in [4.69, 9.17) is 5.10 Å². The van der Waals surface area contributed by atoms with Gasteiger partial charge >= 0.3 is 0 Å². The first-order valence-electron chi connectivity index (χ1n) is 8.39. The molecule has 2 aromatic carbocycles. The van der Waals surface area contributed by atoms with E-state index in [2.05, 4.69) is 31.4 Å². The maximum absolute atomic E-state index is 12.4. The van der Waals surface area contributed by atoms with Crippen molar-refractivity contribution in [3.05, 3.63) is 88.8 Å². The van der Waals surface area contributed by atoms with Crippen LogP contribution in [-0.4, -0.2) is 25.9 Å². The quantitative estimate of drug-likeness (QED) is 0.512. The molecule has 0 aliphatic rings. The minimum absolute atomic E-state index is 0.231. The van der Waals surface area contributed by atoms with E-state index >= 15 is 0 Å². The smallest absolute Gasteiger partial charge is 0.270 e. The average molecular weight is 422 g/mol. The molecule has 2 heterocycles. The molecule has 0 saturated heterocycles. The number of nitrogens with zero attached hydrogens (tertiary/aromatic N) is 3. The number of rotatable bonds is 5. The van der Waals surface area contributed by atoms with Crippen LogP contribution in [0.3, 0.4) is 0 Å². The summed E-state index contributed by atoms with van der Waals surface area (Å²) in [5.74, 6) is -0.231. The Balaban J connectivity index is 1.65. The Morgan fingerprint density at radius 2 is 1.78 bits per heavy atom. The van der Waals surface area contributed by atoms with Gasteiger partial charge in [-0.2, -0.15) is 10.2 Å². The van der Waals surface area contributed by atoms with Gasteiger partial charge in [0.25, 0.3) is 5.91 Å². The minimum atomic E-state index is -0.231. The number of amides is 1. The minimum Gasteiger partial charge on any atom is -0.346 e. The first-order chi connectivity index (χ1) is 13.2. The summed E-state index contributed by atoms with van der Waals surface area (Å²) in [6.45, 7) is 0.349. The fourth-order valence-electron chi connectivity index (χ4n) is 2.79. The third-order valence-corrected chi connectivity index (χ3v) is 4.72. The van der Waals surface area contributed by atoms with Gasteiger partial charge in [-0.25, -0.2) is 4.68 Å². The molecule has 2 N–H and O–H groups in total. The molecular formula is C20H16BrN5O. The molecule has 2 aromatic heterocycles. The molecular weight excluding hydrogens is 406 g/mol. The highest BCUT2D eigenvalue weighted by molar-refractivity contribution is 9.10. The summed E-state index contributed by atoms with van der Waals surface area (Å²) in [5, 5.41) is 14.2. The van der Waals surface area contributed by atoms with Crippen molar-refractivity contribution in [2.75, 3.05) is 0 Å². The van der Waals surface area contributed by atoms with Crippen molar-refractivity contribution >= 4 is 21.8 Å². The Labute approximate surface area is 164 Å². The lowest BCUT2D eigenvalue weighted by molar-refractivity contribution is 0.0945. The molecule has 0 spiro atoms. The van der Waals surface area contributed by atoms with Gasteiger partial charge in [0, 0.05) is 23.9 Å². The number of benzene rings is 2. The van der Waals surface area contributed by atoms with Gasteiger partial charge in [0.1, 0.15) is 5.69 Å². The van der Waals surface area contributed by atoms with Crippen LogP contribution in [0.4, 0.5) is 0 Å². The molecule has 0 unspecified atom stereocenters. The lowest BCUT2D eigenvalue weighted by Crippen LogP contribution is -2.23. The molecule has 0 saturated carbocycles. The summed E-state index contributed by atoms with van der Waals surface area (Å²) in [4.78, 5) is 12.4. The van der Waals surface area contributed by atoms with E-state index in [1.165, 1.54) is 0 Å². The van der Waals surface area contributed by atoms with Crippen LogP contribution in [-0.2, 0) is 6.54 Å². The van der Waals surface area contributed by atoms with Crippen molar-refractivity contribution in [1.82, 2.24) is 25.3 Å². The van der Waals surface area contributed by atoms with Crippen molar-refractivity contribution in [1.29, 1.82) is 0 Å². The summed E-state index contributed by atoms with van der Waals surface area (Å²) in [6, 6.07) is 19.8. The Hall–Kier alpha value is -3.19. The first-order valence-corrected chi connectivity index (χ1v) is 9.18. The molecule has 0 bridgehead atoms. The summed E-state index contributed by atoms with van der Waals surface area (Å²) < 4.78 is 2.46. The van der Waals surface area contributed by atoms with Crippen molar-refractivity contribution in [3.8, 4) is 16.9 Å². The zero-order valence-corrected chi connectivity index (χ0v) is 15.8. The van der Waals surface area contributed by atoms with E-state index in [1.54, 1.807) is 6.20 Å². The van der Waals surface area contributed by atoms with Gasteiger partial charge < -0.3 is 5.32 Å². The highest BCUT2D eigenvalue weighted by atomic mass is 79.9. The number of para-hydroxylation sites is 1. The van der Waals surface area contributed by atoms with Crippen molar-refractivity contribution in [2.24, 2.45) is 0 Å². The predicted octanol–water partition coefficient (Wildman–Crippen LogP) is 3.95. The Kier molecular flexibility index (Phi) is 4.84. The van der Waals surface area contributed by atoms with Gasteiger partial charge in [0.05, 0.1) is 22.1 Å². The van der Waals surface area contributed by atoms with Crippen molar-refractivity contribution < 1.29 is 4.79 Å². The standard InChI is InChI=1S/C20H16BrN5O/c21-17-12-23-24-19(17)20(27)22-11-15-13-26(16-9-5-2-6-10-16)25-18(15)14-7-3-1-4-8-14/h1-10,12-13H,11H2,(H,22,27)(H,23,24). The molecule has 134 valence electrons. The number of carbonyl (C=O) groups is 1. The van der Waals surface area contributed by atoms with E-state index in [0.717, 1.165) is 22.5 Å². The van der Waals surface area contributed by atoms with E-state index in [-0.39, 0.29) is 5.91 Å². The fraction of sp³-hybridized carbons (Fsp3) is 0.0500. The lowest BCUT2D eigenvalue weighted by atomic mass is 10.1. The average Bonchev–Trinajstić information content (AvgIpc) is 3.34. The van der Waals surface area contributed by atoms with Crippen molar-refractivity contribution in [3.63, 3.8) is 0 Å². The number of nitrogens with one attached hydrogen (secondary N) is 2. The predicted molar refractivity (Wildman–Crippen MR) is 106 cm³/mol. The number of H-pyrrole nitrogens is 1. The van der Waals surface area contributed by atoms with Crippen LogP contribution < -0.4 is 5.32 Å². The van der Waals surface area contributed by atoms with E-state index in [9.17, 15) is 4.79 Å². The summed E-state index contributed by atoms with van der Waals surface area (Å²) >= 11 is 3.31. The molecule has 1 amide bonds. The Morgan fingerprint density at radius 1 is 1.07 bits per heavy atom. The summed E-state index contributed by atoms with van der Waals surface area (Å²) in [5.41, 5.74) is 4.12. The zero-order chi connectivity index (χ0) is 18.6. The Morgan fingerprint density at radius 3 is 2.44 bits per heavy atom. The van der Waals surface area contributed by atoms with Crippen LogP contribution in [0.5, 0.6) is 0 Å². The lowest BCUT2D eigenvalue weighted by Gasteiger charge is -2.05. The second kappa shape index (κ2) is 7.59. The van der Waals surface area contributed by atoms with Crippen LogP contribution in [0.25, 0.3) is 16.9 Å². The van der Waals surface area contributed by atoms with Crippen LogP contribution in [0.2, 0.25) is 0 Å². The molecule has 4 aromatic rings. The topological polar surface area (TPSA) is 75.6 Å². The van der Waals surface area contributed by atoms with Gasteiger partial charge in [-0.1, -0.05) is 48.5 Å². The number of hydrogen-bond acceptors (Lipinski definition) is 3. The normalized spacial score (nSPS) is 10.7. The molecule has 7 heteroatoms. The third kappa shape index (κ3) is 3.68. The summed E-state index contributed by atoms with van der Waals surface area (Å²) in [7, 11) is 0. The molecule has 0 atom stereocenters. The van der Waals surface area contributed by atoms with E-state index in [0.29, 0.717) is 16.7 Å². The van der Waals surface area contributed by atoms with Gasteiger partial charge in [0.2, 0.25) is 0 Å². The van der Waals surface area contributed by atoms with Crippen LogP contribution in [0.15, 0.2) is 77.5 Å². The van der Waals surface area contributed by atoms with E-state index in [1.807, 2.05) is 71.5 Å². The summed E-state index contributed by atoms with van der Waals surface area (Å²) in [6.07, 6.45) is 3.50. The highest BCUT2D eigenvalue weighted by Crippen LogP contribution is 2.24. The number of halogens is 1. The fourth-order valence-corrected chi connectivity index (χ4v) is 3.16. The second-order valence-electron chi connectivity index (χ2n) is 5.92. The maximum Gasteiger partial charge on any atom is 0.270 e. The Bertz CT molecular complexity index is 1060. The molecule has 0 fully saturated rings. The van der Waals surface area contributed by atoms with Crippen LogP contribution in [0.1, 0.15) is 16.1 Å². The van der Waals surface area contributed by atoms with Gasteiger partial charge in [-0.15, -0.1) is 0 Å². The molecule has 0 aliphatic heterocycles. The molecule has 0 radical (unpaired) electrons. The van der Waals surface area contributed by atoms with Crippen molar-refractivity contribution in [2.45, 2.75) is 6.54 Å². The van der Waals surface area contributed by atoms with Gasteiger partial charge in [0.15, 0.2) is 0 Å². The molecule has 27 heavy (non-hydrogen) atoms. The molecule has 4 rings (SSSR count). The van der Waals surface area contributed by atoms with Crippen LogP contribution in [0, 0.1) is 0 Å². The van der Waals surface area contributed by atoms with Gasteiger partial charge in [-0.3, -0.25) is 9.89 Å².